The Balaban J connectivity index is 2.70. The van der Waals surface area contributed by atoms with Gasteiger partial charge in [0.1, 0.15) is 22.8 Å². The van der Waals surface area contributed by atoms with Gasteiger partial charge in [-0.1, -0.05) is 0 Å². The summed E-state index contributed by atoms with van der Waals surface area (Å²) in [6.07, 6.45) is 0. The molecule has 8 nitrogen and oxygen atoms in total. The van der Waals surface area contributed by atoms with Crippen LogP contribution in [0.4, 0.5) is 5.82 Å². The van der Waals surface area contributed by atoms with E-state index in [1.165, 1.54) is 10.5 Å². The van der Waals surface area contributed by atoms with E-state index in [1.807, 2.05) is 0 Å². The number of aryl methyl sites for hydroxylation is 1. The lowest BCUT2D eigenvalue weighted by molar-refractivity contribution is 0.0526. The van der Waals surface area contributed by atoms with Crippen LogP contribution < -0.4 is 5.73 Å². The van der Waals surface area contributed by atoms with Gasteiger partial charge in [0.05, 0.1) is 13.2 Å². The van der Waals surface area contributed by atoms with E-state index in [-0.39, 0.29) is 35.8 Å². The van der Waals surface area contributed by atoms with Crippen molar-refractivity contribution in [1.82, 2.24) is 14.6 Å². The Kier molecular flexibility index (Phi) is 4.06. The van der Waals surface area contributed by atoms with E-state index in [2.05, 4.69) is 10.2 Å². The van der Waals surface area contributed by atoms with Crippen molar-refractivity contribution >= 4 is 23.4 Å². The molecule has 2 heterocycles. The summed E-state index contributed by atoms with van der Waals surface area (Å²) in [5, 5.41) is 7.79. The molecule has 0 aliphatic carbocycles. The second-order valence-corrected chi connectivity index (χ2v) is 4.20. The SMILES string of the molecule is CCOC(=O)c1cc(C(=O)OCC)c2nnc(C)n2c1N. The topological polar surface area (TPSA) is 109 Å². The first-order valence-electron chi connectivity index (χ1n) is 6.49. The van der Waals surface area contributed by atoms with Crippen molar-refractivity contribution in [2.24, 2.45) is 0 Å². The normalized spacial score (nSPS) is 10.6. The largest absolute Gasteiger partial charge is 0.462 e. The second kappa shape index (κ2) is 5.78. The minimum absolute atomic E-state index is 0.0790. The number of nitrogens with two attached hydrogens (primary N) is 1. The number of hydrogen-bond donors (Lipinski definition) is 1. The van der Waals surface area contributed by atoms with E-state index >= 15 is 0 Å². The fourth-order valence-electron chi connectivity index (χ4n) is 1.96. The molecule has 0 radical (unpaired) electrons. The molecule has 0 spiro atoms. The summed E-state index contributed by atoms with van der Waals surface area (Å²) in [6.45, 7) is 5.44. The van der Waals surface area contributed by atoms with Crippen LogP contribution in [0.25, 0.3) is 5.65 Å². The summed E-state index contributed by atoms with van der Waals surface area (Å²) in [6, 6.07) is 1.33. The molecule has 2 rings (SSSR count). The third-order valence-corrected chi connectivity index (χ3v) is 2.86. The first kappa shape index (κ1) is 14.8. The zero-order chi connectivity index (χ0) is 15.6. The molecule has 0 aliphatic heterocycles. The Bertz CT molecular complexity index is 708. The first-order valence-corrected chi connectivity index (χ1v) is 6.49. The fourth-order valence-corrected chi connectivity index (χ4v) is 1.96. The summed E-state index contributed by atoms with van der Waals surface area (Å²) in [5.74, 6) is -0.630. The highest BCUT2D eigenvalue weighted by atomic mass is 16.5. The summed E-state index contributed by atoms with van der Waals surface area (Å²) < 4.78 is 11.3. The minimum Gasteiger partial charge on any atom is -0.462 e. The predicted molar refractivity (Wildman–Crippen MR) is 74.0 cm³/mol. The molecule has 0 aliphatic rings. The Labute approximate surface area is 120 Å². The van der Waals surface area contributed by atoms with Crippen LogP contribution in [0.5, 0.6) is 0 Å². The molecular formula is C13H16N4O4. The van der Waals surface area contributed by atoms with Crippen LogP contribution in [-0.4, -0.2) is 39.8 Å². The maximum Gasteiger partial charge on any atom is 0.342 e. The average Bonchev–Trinajstić information content (AvgIpc) is 2.82. The van der Waals surface area contributed by atoms with Crippen LogP contribution in [-0.2, 0) is 9.47 Å². The number of nitrogens with zero attached hydrogens (tertiary/aromatic N) is 3. The molecule has 2 N–H and O–H groups in total. The number of ether oxygens (including phenoxy) is 2. The lowest BCUT2D eigenvalue weighted by Gasteiger charge is -2.11. The molecule has 0 fully saturated rings. The Morgan fingerprint density at radius 2 is 1.71 bits per heavy atom. The molecule has 0 aromatic carbocycles. The van der Waals surface area contributed by atoms with Gasteiger partial charge < -0.3 is 15.2 Å². The van der Waals surface area contributed by atoms with Gasteiger partial charge in [-0.25, -0.2) is 9.59 Å². The van der Waals surface area contributed by atoms with Crippen LogP contribution in [0.15, 0.2) is 6.07 Å². The number of hydrogen-bond acceptors (Lipinski definition) is 7. The van der Waals surface area contributed by atoms with E-state index in [0.29, 0.717) is 5.82 Å². The number of carbonyl (C=O) groups is 2. The van der Waals surface area contributed by atoms with Gasteiger partial charge in [0.15, 0.2) is 5.65 Å². The third kappa shape index (κ3) is 2.51. The molecule has 0 saturated carbocycles. The summed E-state index contributed by atoms with van der Waals surface area (Å²) >= 11 is 0. The molecule has 8 heteroatoms. The summed E-state index contributed by atoms with van der Waals surface area (Å²) in [4.78, 5) is 24.0. The van der Waals surface area contributed by atoms with Gasteiger partial charge in [-0.3, -0.25) is 4.40 Å². The van der Waals surface area contributed by atoms with E-state index < -0.39 is 11.9 Å². The predicted octanol–water partition coefficient (Wildman–Crippen LogP) is 0.973. The van der Waals surface area contributed by atoms with E-state index in [0.717, 1.165) is 0 Å². The smallest absolute Gasteiger partial charge is 0.342 e. The zero-order valence-corrected chi connectivity index (χ0v) is 12.0. The number of carbonyl (C=O) groups excluding carboxylic acids is 2. The summed E-state index contributed by atoms with van der Waals surface area (Å²) in [7, 11) is 0. The van der Waals surface area contributed by atoms with Crippen molar-refractivity contribution in [3.05, 3.63) is 23.0 Å². The zero-order valence-electron chi connectivity index (χ0n) is 12.0. The first-order chi connectivity index (χ1) is 10.0. The van der Waals surface area contributed by atoms with Gasteiger partial charge in [0.25, 0.3) is 0 Å². The number of esters is 2. The molecule has 21 heavy (non-hydrogen) atoms. The van der Waals surface area contributed by atoms with Gasteiger partial charge >= 0.3 is 11.9 Å². The maximum absolute atomic E-state index is 12.0. The Morgan fingerprint density at radius 1 is 1.14 bits per heavy atom. The van der Waals surface area contributed by atoms with Gasteiger partial charge in [-0.2, -0.15) is 0 Å². The number of nitrogen functional groups attached to an aromatic ring is 1. The second-order valence-electron chi connectivity index (χ2n) is 4.20. The van der Waals surface area contributed by atoms with Crippen molar-refractivity contribution < 1.29 is 19.1 Å². The number of rotatable bonds is 4. The van der Waals surface area contributed by atoms with E-state index in [1.54, 1.807) is 20.8 Å². The summed E-state index contributed by atoms with van der Waals surface area (Å²) in [5.41, 5.74) is 6.41. The lowest BCUT2D eigenvalue weighted by atomic mass is 10.1. The molecule has 0 saturated heterocycles. The monoisotopic (exact) mass is 292 g/mol. The van der Waals surface area contributed by atoms with Crippen LogP contribution in [0.1, 0.15) is 40.4 Å². The molecular weight excluding hydrogens is 276 g/mol. The number of fused-ring (bicyclic) bond motifs is 1. The highest BCUT2D eigenvalue weighted by Crippen LogP contribution is 2.22. The molecule has 2 aromatic rings. The molecule has 0 amide bonds. The van der Waals surface area contributed by atoms with Crippen molar-refractivity contribution in [2.45, 2.75) is 20.8 Å². The van der Waals surface area contributed by atoms with Crippen LogP contribution in [0, 0.1) is 6.92 Å². The Morgan fingerprint density at radius 3 is 2.29 bits per heavy atom. The lowest BCUT2D eigenvalue weighted by Crippen LogP contribution is -2.16. The molecule has 112 valence electrons. The molecule has 0 unspecified atom stereocenters. The van der Waals surface area contributed by atoms with Gasteiger partial charge in [0.2, 0.25) is 0 Å². The molecule has 2 aromatic heterocycles. The van der Waals surface area contributed by atoms with Crippen LogP contribution >= 0.6 is 0 Å². The quantitative estimate of drug-likeness (QED) is 0.836. The fraction of sp³-hybridized carbons (Fsp3) is 0.385. The molecule has 0 bridgehead atoms. The number of aromatic nitrogens is 3. The average molecular weight is 292 g/mol. The number of pyridine rings is 1. The van der Waals surface area contributed by atoms with Crippen LogP contribution in [0.3, 0.4) is 0 Å². The highest BCUT2D eigenvalue weighted by Gasteiger charge is 2.23. The van der Waals surface area contributed by atoms with Crippen molar-refractivity contribution in [1.29, 1.82) is 0 Å². The van der Waals surface area contributed by atoms with Crippen LogP contribution in [0.2, 0.25) is 0 Å². The van der Waals surface area contributed by atoms with E-state index in [4.69, 9.17) is 15.2 Å². The standard InChI is InChI=1S/C13H16N4O4/c1-4-20-12(18)8-6-9(13(19)21-5-2)11-16-15-7(3)17(11)10(8)14/h6H,4-5,14H2,1-3H3. The van der Waals surface area contributed by atoms with Gasteiger partial charge in [-0.15, -0.1) is 10.2 Å². The highest BCUT2D eigenvalue weighted by molar-refractivity contribution is 6.02. The van der Waals surface area contributed by atoms with Crippen molar-refractivity contribution in [3.63, 3.8) is 0 Å². The third-order valence-electron chi connectivity index (χ3n) is 2.86. The van der Waals surface area contributed by atoms with E-state index in [9.17, 15) is 9.59 Å². The van der Waals surface area contributed by atoms with Crippen molar-refractivity contribution in [3.8, 4) is 0 Å². The van der Waals surface area contributed by atoms with Gasteiger partial charge in [-0.05, 0) is 26.8 Å². The minimum atomic E-state index is -0.615. The Hall–Kier alpha value is -2.64. The van der Waals surface area contributed by atoms with Gasteiger partial charge in [0, 0.05) is 0 Å². The maximum atomic E-state index is 12.0. The molecule has 0 atom stereocenters. The number of anilines is 1. The van der Waals surface area contributed by atoms with Crippen molar-refractivity contribution in [2.75, 3.05) is 18.9 Å².